The van der Waals surface area contributed by atoms with E-state index >= 15 is 0 Å². The van der Waals surface area contributed by atoms with Gasteiger partial charge < -0.3 is 10.1 Å². The molecule has 0 aliphatic rings. The van der Waals surface area contributed by atoms with Gasteiger partial charge in [-0.25, -0.2) is 0 Å². The van der Waals surface area contributed by atoms with Crippen molar-refractivity contribution >= 4 is 11.8 Å². The lowest BCUT2D eigenvalue weighted by Gasteiger charge is -2.08. The van der Waals surface area contributed by atoms with E-state index in [0.717, 1.165) is 31.9 Å². The summed E-state index contributed by atoms with van der Waals surface area (Å²) in [6.07, 6.45) is 1.11. The fraction of sp³-hybridized carbons (Fsp3) is 0.571. The highest BCUT2D eigenvalue weighted by atomic mass is 32.2. The van der Waals surface area contributed by atoms with Gasteiger partial charge in [0.1, 0.15) is 0 Å². The number of hydrogen-bond donors (Lipinski definition) is 1. The molecule has 1 aromatic rings. The molecule has 0 heterocycles. The molecule has 0 saturated carbocycles. The minimum atomic E-state index is 0.852. The Morgan fingerprint density at radius 3 is 2.82 bits per heavy atom. The predicted molar refractivity (Wildman–Crippen MR) is 75.8 cm³/mol. The molecule has 0 radical (unpaired) electrons. The molecule has 0 aliphatic heterocycles. The fourth-order valence-electron chi connectivity index (χ4n) is 1.64. The first-order valence-corrected chi connectivity index (χ1v) is 7.18. The molecule has 0 unspecified atom stereocenters. The van der Waals surface area contributed by atoms with Gasteiger partial charge in [-0.15, -0.1) is 11.8 Å². The first-order valence-electron chi connectivity index (χ1n) is 6.20. The van der Waals surface area contributed by atoms with Crippen LogP contribution in [-0.4, -0.2) is 26.0 Å². The van der Waals surface area contributed by atoms with Gasteiger partial charge in [-0.2, -0.15) is 0 Å². The van der Waals surface area contributed by atoms with Crippen molar-refractivity contribution in [2.24, 2.45) is 0 Å². The van der Waals surface area contributed by atoms with E-state index in [-0.39, 0.29) is 0 Å². The topological polar surface area (TPSA) is 21.3 Å². The average molecular weight is 253 g/mol. The fourth-order valence-corrected chi connectivity index (χ4v) is 2.57. The number of rotatable bonds is 8. The van der Waals surface area contributed by atoms with Gasteiger partial charge in [0.15, 0.2) is 0 Å². The molecule has 96 valence electrons. The average Bonchev–Trinajstić information content (AvgIpc) is 2.34. The second-order valence-corrected chi connectivity index (χ2v) is 5.21. The second-order valence-electron chi connectivity index (χ2n) is 4.07. The summed E-state index contributed by atoms with van der Waals surface area (Å²) >= 11 is 1.92. The van der Waals surface area contributed by atoms with Crippen molar-refractivity contribution in [3.8, 4) is 0 Å². The van der Waals surface area contributed by atoms with Crippen molar-refractivity contribution in [3.05, 3.63) is 29.3 Å². The minimum absolute atomic E-state index is 0.852. The largest absolute Gasteiger partial charge is 0.385 e. The first-order chi connectivity index (χ1) is 8.27. The van der Waals surface area contributed by atoms with Crippen LogP contribution in [-0.2, 0) is 11.3 Å². The molecule has 0 bridgehead atoms. The zero-order valence-electron chi connectivity index (χ0n) is 11.1. The predicted octanol–water partition coefficient (Wildman–Crippen LogP) is 3.23. The second kappa shape index (κ2) is 8.56. The Balaban J connectivity index is 2.45. The Morgan fingerprint density at radius 1 is 1.35 bits per heavy atom. The molecule has 0 aliphatic carbocycles. The Kier molecular flexibility index (Phi) is 7.33. The molecule has 0 amide bonds. The van der Waals surface area contributed by atoms with Gasteiger partial charge in [0.25, 0.3) is 0 Å². The maximum absolute atomic E-state index is 5.05. The molecule has 0 spiro atoms. The van der Waals surface area contributed by atoms with E-state index in [1.54, 1.807) is 7.11 Å². The summed E-state index contributed by atoms with van der Waals surface area (Å²) in [5.74, 6) is 1.13. The number of benzene rings is 1. The van der Waals surface area contributed by atoms with E-state index < -0.39 is 0 Å². The molecular formula is C14H23NOS. The Hall–Kier alpha value is -0.510. The van der Waals surface area contributed by atoms with Crippen molar-refractivity contribution in [3.63, 3.8) is 0 Å². The lowest BCUT2D eigenvalue weighted by Crippen LogP contribution is -2.11. The Bertz CT molecular complexity index is 328. The number of ether oxygens (including phenoxy) is 1. The van der Waals surface area contributed by atoms with E-state index in [9.17, 15) is 0 Å². The zero-order valence-corrected chi connectivity index (χ0v) is 11.9. The maximum atomic E-state index is 5.05. The smallest absolute Gasteiger partial charge is 0.0470 e. The van der Waals surface area contributed by atoms with Crippen LogP contribution in [0.3, 0.4) is 0 Å². The van der Waals surface area contributed by atoms with Crippen LogP contribution in [0.5, 0.6) is 0 Å². The van der Waals surface area contributed by atoms with Gasteiger partial charge >= 0.3 is 0 Å². The maximum Gasteiger partial charge on any atom is 0.0470 e. The number of methoxy groups -OCH3 is 1. The lowest BCUT2D eigenvalue weighted by atomic mass is 10.1. The van der Waals surface area contributed by atoms with E-state index in [4.69, 9.17) is 4.74 Å². The van der Waals surface area contributed by atoms with E-state index in [1.807, 2.05) is 11.8 Å². The summed E-state index contributed by atoms with van der Waals surface area (Å²) in [6.45, 7) is 7.16. The zero-order chi connectivity index (χ0) is 12.5. The summed E-state index contributed by atoms with van der Waals surface area (Å²) in [5, 5.41) is 3.35. The van der Waals surface area contributed by atoms with Crippen molar-refractivity contribution in [1.29, 1.82) is 0 Å². The lowest BCUT2D eigenvalue weighted by molar-refractivity contribution is 0.200. The molecule has 17 heavy (non-hydrogen) atoms. The molecule has 1 aromatic carbocycles. The molecule has 1 rings (SSSR count). The summed E-state index contributed by atoms with van der Waals surface area (Å²) in [6, 6.07) is 6.73. The number of nitrogens with one attached hydrogen (secondary N) is 1. The van der Waals surface area contributed by atoms with Gasteiger partial charge in [-0.1, -0.05) is 19.1 Å². The highest BCUT2D eigenvalue weighted by Gasteiger charge is 2.00. The van der Waals surface area contributed by atoms with E-state index in [1.165, 1.54) is 16.0 Å². The molecule has 0 aromatic heterocycles. The third-order valence-electron chi connectivity index (χ3n) is 2.57. The summed E-state index contributed by atoms with van der Waals surface area (Å²) in [5.41, 5.74) is 2.74. The molecule has 0 saturated heterocycles. The molecule has 0 fully saturated rings. The van der Waals surface area contributed by atoms with Crippen LogP contribution < -0.4 is 5.32 Å². The quantitative estimate of drug-likeness (QED) is 0.568. The van der Waals surface area contributed by atoms with Crippen molar-refractivity contribution in [1.82, 2.24) is 5.32 Å². The number of aryl methyl sites for hydroxylation is 1. The van der Waals surface area contributed by atoms with Crippen LogP contribution in [0.4, 0.5) is 0 Å². The van der Waals surface area contributed by atoms with E-state index in [0.29, 0.717) is 0 Å². The Morgan fingerprint density at radius 2 is 2.18 bits per heavy atom. The highest BCUT2D eigenvalue weighted by Crippen LogP contribution is 2.23. The van der Waals surface area contributed by atoms with Crippen LogP contribution in [0, 0.1) is 6.92 Å². The number of hydrogen-bond acceptors (Lipinski definition) is 3. The molecular weight excluding hydrogens is 230 g/mol. The highest BCUT2D eigenvalue weighted by molar-refractivity contribution is 7.99. The van der Waals surface area contributed by atoms with Crippen LogP contribution in [0.15, 0.2) is 23.1 Å². The number of thioether (sulfide) groups is 1. The van der Waals surface area contributed by atoms with Crippen molar-refractivity contribution < 1.29 is 4.74 Å². The normalized spacial score (nSPS) is 10.8. The molecule has 1 N–H and O–H groups in total. The SMILES string of the molecule is CCNCc1ccc(SCCCOC)c(C)c1. The summed E-state index contributed by atoms with van der Waals surface area (Å²) < 4.78 is 5.05. The molecule has 0 atom stereocenters. The van der Waals surface area contributed by atoms with Gasteiger partial charge in [0.05, 0.1) is 0 Å². The minimum Gasteiger partial charge on any atom is -0.385 e. The van der Waals surface area contributed by atoms with E-state index in [2.05, 4.69) is 37.4 Å². The van der Waals surface area contributed by atoms with Crippen molar-refractivity contribution in [2.45, 2.75) is 31.7 Å². The van der Waals surface area contributed by atoms with Crippen molar-refractivity contribution in [2.75, 3.05) is 26.0 Å². The third kappa shape index (κ3) is 5.57. The van der Waals surface area contributed by atoms with Crippen LogP contribution in [0.1, 0.15) is 24.5 Å². The van der Waals surface area contributed by atoms with Crippen LogP contribution >= 0.6 is 11.8 Å². The van der Waals surface area contributed by atoms with Crippen LogP contribution in [0.2, 0.25) is 0 Å². The summed E-state index contributed by atoms with van der Waals surface area (Å²) in [4.78, 5) is 1.39. The standard InChI is InChI=1S/C14H23NOS/c1-4-15-11-13-6-7-14(12(2)10-13)17-9-5-8-16-3/h6-7,10,15H,4-5,8-9,11H2,1-3H3. The van der Waals surface area contributed by atoms with Crippen LogP contribution in [0.25, 0.3) is 0 Å². The van der Waals surface area contributed by atoms with Gasteiger partial charge in [0, 0.05) is 30.9 Å². The third-order valence-corrected chi connectivity index (χ3v) is 3.83. The van der Waals surface area contributed by atoms with Gasteiger partial charge in [-0.3, -0.25) is 0 Å². The summed E-state index contributed by atoms with van der Waals surface area (Å²) in [7, 11) is 1.76. The Labute approximate surface area is 109 Å². The van der Waals surface area contributed by atoms with Gasteiger partial charge in [-0.05, 0) is 37.1 Å². The molecule has 3 heteroatoms. The monoisotopic (exact) mass is 253 g/mol. The molecule has 2 nitrogen and oxygen atoms in total. The van der Waals surface area contributed by atoms with Gasteiger partial charge in [0.2, 0.25) is 0 Å². The first kappa shape index (κ1) is 14.6.